The number of hydrogen-bond donors (Lipinski definition) is 6. The fraction of sp³-hybridized carbons (Fsp3) is 0.429. The van der Waals surface area contributed by atoms with E-state index in [2.05, 4.69) is 0 Å². The smallest absolute Gasteiger partial charge is 0.111 e. The Bertz CT molecular complexity index is 647. The lowest BCUT2D eigenvalue weighted by Gasteiger charge is -2.32. The predicted octanol–water partition coefficient (Wildman–Crippen LogP) is 0.976. The molecular formula is C21H28O6S2. The molecule has 0 aliphatic carbocycles. The van der Waals surface area contributed by atoms with E-state index in [0.29, 0.717) is 11.5 Å². The van der Waals surface area contributed by atoms with Crippen molar-refractivity contribution in [1.82, 2.24) is 0 Å². The molecule has 6 nitrogen and oxygen atoms in total. The summed E-state index contributed by atoms with van der Waals surface area (Å²) in [7, 11) is 0. The van der Waals surface area contributed by atoms with Crippen molar-refractivity contribution in [3.8, 4) is 0 Å². The monoisotopic (exact) mass is 440 g/mol. The van der Waals surface area contributed by atoms with Gasteiger partial charge in [-0.3, -0.25) is 0 Å². The SMILES string of the molecule is OC[C@@H](O)[C@@H](O)[C@H](O)[C@@H](O)[C@H](O)C(SCc1ccccc1)SCc1ccccc1. The molecule has 6 N–H and O–H groups in total. The number of rotatable bonds is 12. The topological polar surface area (TPSA) is 121 Å². The first kappa shape index (κ1) is 24.2. The molecule has 2 aromatic carbocycles. The van der Waals surface area contributed by atoms with Crippen molar-refractivity contribution in [1.29, 1.82) is 0 Å². The molecule has 0 aliphatic heterocycles. The maximum absolute atomic E-state index is 10.7. The Morgan fingerprint density at radius 3 is 1.41 bits per heavy atom. The second-order valence-electron chi connectivity index (χ2n) is 6.67. The Hall–Kier alpha value is -1.10. The van der Waals surface area contributed by atoms with Crippen LogP contribution in [0.15, 0.2) is 60.7 Å². The van der Waals surface area contributed by atoms with Gasteiger partial charge in [0.25, 0.3) is 0 Å². The van der Waals surface area contributed by atoms with Gasteiger partial charge >= 0.3 is 0 Å². The van der Waals surface area contributed by atoms with E-state index < -0.39 is 41.7 Å². The van der Waals surface area contributed by atoms with Crippen molar-refractivity contribution < 1.29 is 30.6 Å². The zero-order valence-electron chi connectivity index (χ0n) is 15.9. The minimum atomic E-state index is -1.80. The lowest BCUT2D eigenvalue weighted by Crippen LogP contribution is -2.51. The van der Waals surface area contributed by atoms with Crippen molar-refractivity contribution in [2.45, 2.75) is 46.6 Å². The molecule has 0 fully saturated rings. The molecule has 0 spiro atoms. The highest BCUT2D eigenvalue weighted by atomic mass is 32.2. The van der Waals surface area contributed by atoms with Gasteiger partial charge in [0.05, 0.1) is 11.2 Å². The van der Waals surface area contributed by atoms with Gasteiger partial charge in [0, 0.05) is 11.5 Å². The van der Waals surface area contributed by atoms with Crippen molar-refractivity contribution in [2.75, 3.05) is 6.61 Å². The molecule has 0 saturated heterocycles. The average molecular weight is 441 g/mol. The van der Waals surface area contributed by atoms with Crippen molar-refractivity contribution in [3.63, 3.8) is 0 Å². The number of benzene rings is 2. The van der Waals surface area contributed by atoms with Crippen LogP contribution >= 0.6 is 23.5 Å². The third-order valence-corrected chi connectivity index (χ3v) is 7.46. The van der Waals surface area contributed by atoms with Crippen LogP contribution in [-0.4, -0.2) is 72.3 Å². The molecule has 8 heteroatoms. The molecule has 160 valence electrons. The first-order chi connectivity index (χ1) is 13.9. The predicted molar refractivity (Wildman–Crippen MR) is 116 cm³/mol. The van der Waals surface area contributed by atoms with Crippen LogP contribution in [-0.2, 0) is 11.5 Å². The summed E-state index contributed by atoms with van der Waals surface area (Å²) in [5, 5.41) is 59.5. The maximum Gasteiger partial charge on any atom is 0.111 e. The molecule has 0 amide bonds. The molecule has 0 saturated carbocycles. The van der Waals surface area contributed by atoms with Gasteiger partial charge in [-0.1, -0.05) is 60.7 Å². The summed E-state index contributed by atoms with van der Waals surface area (Å²) in [5.74, 6) is 1.18. The van der Waals surface area contributed by atoms with E-state index in [1.54, 1.807) is 0 Å². The third-order valence-electron chi connectivity index (χ3n) is 4.42. The molecule has 0 unspecified atom stereocenters. The number of aliphatic hydroxyl groups excluding tert-OH is 6. The summed E-state index contributed by atoms with van der Waals surface area (Å²) in [4.78, 5) is 0. The standard InChI is InChI=1S/C21H28O6S2/c22-11-16(23)17(24)18(25)19(26)20(27)21(28-12-14-7-3-1-4-8-14)29-13-15-9-5-2-6-10-15/h1-10,16-27H,11-13H2/t16-,17-,18+,19-,20+/m1/s1. The second kappa shape index (κ2) is 12.6. The summed E-state index contributed by atoms with van der Waals surface area (Å²) in [5.41, 5.74) is 2.11. The summed E-state index contributed by atoms with van der Waals surface area (Å²) in [6, 6.07) is 19.4. The van der Waals surface area contributed by atoms with Gasteiger partial charge in [-0.15, -0.1) is 23.5 Å². The highest BCUT2D eigenvalue weighted by molar-refractivity contribution is 8.16. The van der Waals surface area contributed by atoms with Crippen molar-refractivity contribution in [3.05, 3.63) is 71.8 Å². The molecule has 2 rings (SSSR count). The summed E-state index contributed by atoms with van der Waals surface area (Å²) >= 11 is 2.84. The normalized spacial score (nSPS) is 16.9. The first-order valence-corrected chi connectivity index (χ1v) is 11.4. The van der Waals surface area contributed by atoms with E-state index in [-0.39, 0.29) is 0 Å². The first-order valence-electron chi connectivity index (χ1n) is 9.26. The Morgan fingerprint density at radius 2 is 1.00 bits per heavy atom. The van der Waals surface area contributed by atoms with Gasteiger partial charge in [0.15, 0.2) is 0 Å². The highest BCUT2D eigenvalue weighted by Gasteiger charge is 2.37. The minimum Gasteiger partial charge on any atom is -0.394 e. The fourth-order valence-corrected chi connectivity index (χ4v) is 5.26. The van der Waals surface area contributed by atoms with Crippen LogP contribution in [0, 0.1) is 0 Å². The van der Waals surface area contributed by atoms with Gasteiger partial charge in [-0.05, 0) is 11.1 Å². The van der Waals surface area contributed by atoms with E-state index in [0.717, 1.165) is 11.1 Å². The molecule has 0 aromatic heterocycles. The van der Waals surface area contributed by atoms with E-state index >= 15 is 0 Å². The zero-order valence-corrected chi connectivity index (χ0v) is 17.5. The number of thioether (sulfide) groups is 2. The molecular weight excluding hydrogens is 412 g/mol. The summed E-state index contributed by atoms with van der Waals surface area (Å²) < 4.78 is -0.501. The molecule has 5 atom stereocenters. The van der Waals surface area contributed by atoms with Crippen molar-refractivity contribution in [2.24, 2.45) is 0 Å². The van der Waals surface area contributed by atoms with Crippen LogP contribution in [0.1, 0.15) is 11.1 Å². The number of hydrogen-bond acceptors (Lipinski definition) is 8. The minimum absolute atomic E-state index is 0.501. The Labute approximate surface area is 179 Å². The van der Waals surface area contributed by atoms with Gasteiger partial charge < -0.3 is 30.6 Å². The van der Waals surface area contributed by atoms with Gasteiger partial charge in [-0.25, -0.2) is 0 Å². The van der Waals surface area contributed by atoms with E-state index in [1.165, 1.54) is 23.5 Å². The average Bonchev–Trinajstić information content (AvgIpc) is 2.78. The highest BCUT2D eigenvalue weighted by Crippen LogP contribution is 2.34. The second-order valence-corrected chi connectivity index (χ2v) is 9.23. The third kappa shape index (κ3) is 7.58. The maximum atomic E-state index is 10.7. The molecule has 29 heavy (non-hydrogen) atoms. The number of aliphatic hydroxyl groups is 6. The van der Waals surface area contributed by atoms with Crippen LogP contribution in [0.2, 0.25) is 0 Å². The molecule has 2 aromatic rings. The van der Waals surface area contributed by atoms with Crippen LogP contribution in [0.3, 0.4) is 0 Å². The fourth-order valence-electron chi connectivity index (χ4n) is 2.65. The molecule has 0 radical (unpaired) electrons. The summed E-state index contributed by atoms with van der Waals surface area (Å²) in [6.45, 7) is -0.768. The van der Waals surface area contributed by atoms with Crippen LogP contribution in [0.4, 0.5) is 0 Å². The molecule has 0 aliphatic rings. The van der Waals surface area contributed by atoms with E-state index in [9.17, 15) is 25.5 Å². The Kier molecular flexibility index (Phi) is 10.5. The van der Waals surface area contributed by atoms with Crippen molar-refractivity contribution >= 4 is 23.5 Å². The van der Waals surface area contributed by atoms with Crippen LogP contribution in [0.25, 0.3) is 0 Å². The van der Waals surface area contributed by atoms with Gasteiger partial charge in [-0.2, -0.15) is 0 Å². The zero-order chi connectivity index (χ0) is 21.2. The molecule has 0 bridgehead atoms. The van der Waals surface area contributed by atoms with Gasteiger partial charge in [0.2, 0.25) is 0 Å². The van der Waals surface area contributed by atoms with E-state index in [4.69, 9.17) is 5.11 Å². The lowest BCUT2D eigenvalue weighted by molar-refractivity contribution is -0.137. The summed E-state index contributed by atoms with van der Waals surface area (Å²) in [6.07, 6.45) is -8.25. The van der Waals surface area contributed by atoms with Gasteiger partial charge in [0.1, 0.15) is 30.5 Å². The van der Waals surface area contributed by atoms with E-state index in [1.807, 2.05) is 60.7 Å². The Morgan fingerprint density at radius 1 is 0.586 bits per heavy atom. The van der Waals surface area contributed by atoms with Crippen LogP contribution < -0.4 is 0 Å². The Balaban J connectivity index is 2.06. The molecule has 0 heterocycles. The van der Waals surface area contributed by atoms with Crippen LogP contribution in [0.5, 0.6) is 0 Å². The largest absolute Gasteiger partial charge is 0.394 e. The lowest BCUT2D eigenvalue weighted by atomic mass is 10.0. The quantitative estimate of drug-likeness (QED) is 0.270.